The minimum atomic E-state index is 0.169. The Morgan fingerprint density at radius 2 is 2.44 bits per heavy atom. The monoisotopic (exact) mass is 221 g/mol. The normalized spacial score (nSPS) is 24.9. The average molecular weight is 221 g/mol. The number of aromatic nitrogens is 2. The molecule has 4 nitrogen and oxygen atoms in total. The summed E-state index contributed by atoms with van der Waals surface area (Å²) in [6.07, 6.45) is 4.17. The van der Waals surface area contributed by atoms with Gasteiger partial charge in [-0.2, -0.15) is 0 Å². The summed E-state index contributed by atoms with van der Waals surface area (Å²) in [7, 11) is 0. The first-order valence-electron chi connectivity index (χ1n) is 5.95. The third-order valence-electron chi connectivity index (χ3n) is 3.41. The van der Waals surface area contributed by atoms with E-state index in [2.05, 4.69) is 24.1 Å². The van der Waals surface area contributed by atoms with Gasteiger partial charge in [0, 0.05) is 31.4 Å². The molecule has 0 spiro atoms. The van der Waals surface area contributed by atoms with Crippen molar-refractivity contribution in [1.29, 1.82) is 0 Å². The lowest BCUT2D eigenvalue weighted by Gasteiger charge is -2.12. The van der Waals surface area contributed by atoms with Gasteiger partial charge in [0.05, 0.1) is 6.42 Å². The number of hydrogen-bond acceptors (Lipinski definition) is 3. The molecule has 1 aliphatic rings. The zero-order valence-electron chi connectivity index (χ0n) is 9.94. The van der Waals surface area contributed by atoms with Crippen LogP contribution < -0.4 is 5.32 Å². The highest BCUT2D eigenvalue weighted by Gasteiger charge is 2.29. The fourth-order valence-corrected chi connectivity index (χ4v) is 2.32. The molecule has 1 N–H and O–H groups in total. The summed E-state index contributed by atoms with van der Waals surface area (Å²) >= 11 is 0. The maximum atomic E-state index is 12.1. The quantitative estimate of drug-likeness (QED) is 0.820. The summed E-state index contributed by atoms with van der Waals surface area (Å²) in [6, 6.07) is 0. The lowest BCUT2D eigenvalue weighted by atomic mass is 9.92. The molecular formula is C12H19N3O. The Kier molecular flexibility index (Phi) is 3.39. The zero-order chi connectivity index (χ0) is 11.5. The fraction of sp³-hybridized carbons (Fsp3) is 0.667. The molecule has 1 saturated heterocycles. The fourth-order valence-electron chi connectivity index (χ4n) is 2.32. The molecule has 0 aromatic carbocycles. The number of Topliss-reactive ketones (excluding diaryl/α,β-unsaturated/α-hetero) is 1. The standard InChI is InChI=1S/C12H19N3O/c1-3-15-5-4-14-12(15)6-11(16)10-8-13-7-9(10)2/h4-5,9-10,13H,3,6-8H2,1-2H3. The van der Waals surface area contributed by atoms with Gasteiger partial charge in [-0.1, -0.05) is 6.92 Å². The van der Waals surface area contributed by atoms with Crippen LogP contribution >= 0.6 is 0 Å². The zero-order valence-corrected chi connectivity index (χ0v) is 9.94. The second kappa shape index (κ2) is 4.78. The number of aryl methyl sites for hydroxylation is 1. The van der Waals surface area contributed by atoms with Gasteiger partial charge in [-0.15, -0.1) is 0 Å². The van der Waals surface area contributed by atoms with Crippen LogP contribution in [0.4, 0.5) is 0 Å². The molecule has 1 aromatic rings. The van der Waals surface area contributed by atoms with Gasteiger partial charge >= 0.3 is 0 Å². The molecule has 0 amide bonds. The van der Waals surface area contributed by atoms with Gasteiger partial charge in [-0.05, 0) is 19.4 Å². The number of nitrogens with one attached hydrogen (secondary N) is 1. The molecule has 2 rings (SSSR count). The minimum Gasteiger partial charge on any atom is -0.335 e. The molecule has 1 fully saturated rings. The second-order valence-corrected chi connectivity index (χ2v) is 4.51. The molecule has 2 unspecified atom stereocenters. The van der Waals surface area contributed by atoms with E-state index >= 15 is 0 Å². The Labute approximate surface area is 96.1 Å². The van der Waals surface area contributed by atoms with Gasteiger partial charge in [0.15, 0.2) is 0 Å². The first kappa shape index (κ1) is 11.3. The number of nitrogens with zero attached hydrogens (tertiary/aromatic N) is 2. The van der Waals surface area contributed by atoms with Gasteiger partial charge in [0.2, 0.25) is 0 Å². The Balaban J connectivity index is 2.02. The van der Waals surface area contributed by atoms with Crippen molar-refractivity contribution in [1.82, 2.24) is 14.9 Å². The topological polar surface area (TPSA) is 46.9 Å². The third kappa shape index (κ3) is 2.16. The van der Waals surface area contributed by atoms with E-state index in [-0.39, 0.29) is 5.92 Å². The minimum absolute atomic E-state index is 0.169. The van der Waals surface area contributed by atoms with E-state index in [0.717, 1.165) is 25.5 Å². The van der Waals surface area contributed by atoms with Gasteiger partial charge in [-0.3, -0.25) is 4.79 Å². The lowest BCUT2D eigenvalue weighted by Crippen LogP contribution is -2.24. The van der Waals surface area contributed by atoms with Crippen LogP contribution in [0.15, 0.2) is 12.4 Å². The summed E-state index contributed by atoms with van der Waals surface area (Å²) in [5.41, 5.74) is 0. The van der Waals surface area contributed by atoms with Crippen LogP contribution in [-0.2, 0) is 17.8 Å². The van der Waals surface area contributed by atoms with E-state index in [0.29, 0.717) is 18.1 Å². The summed E-state index contributed by atoms with van der Waals surface area (Å²) in [6.45, 7) is 6.86. The van der Waals surface area contributed by atoms with Gasteiger partial charge < -0.3 is 9.88 Å². The van der Waals surface area contributed by atoms with Gasteiger partial charge in [-0.25, -0.2) is 4.98 Å². The summed E-state index contributed by atoms with van der Waals surface area (Å²) in [5.74, 6) is 1.84. The summed E-state index contributed by atoms with van der Waals surface area (Å²) in [4.78, 5) is 16.3. The number of carbonyl (C=O) groups excluding carboxylic acids is 1. The lowest BCUT2D eigenvalue weighted by molar-refractivity contribution is -0.122. The van der Waals surface area contributed by atoms with Crippen LogP contribution in [0.2, 0.25) is 0 Å². The van der Waals surface area contributed by atoms with Crippen molar-refractivity contribution in [3.8, 4) is 0 Å². The van der Waals surface area contributed by atoms with Crippen LogP contribution in [-0.4, -0.2) is 28.4 Å². The predicted molar refractivity (Wildman–Crippen MR) is 62.1 cm³/mol. The van der Waals surface area contributed by atoms with Crippen molar-refractivity contribution in [2.75, 3.05) is 13.1 Å². The van der Waals surface area contributed by atoms with E-state index in [1.807, 2.05) is 10.8 Å². The molecule has 0 aliphatic carbocycles. The van der Waals surface area contributed by atoms with E-state index < -0.39 is 0 Å². The molecule has 4 heteroatoms. The van der Waals surface area contributed by atoms with Gasteiger partial charge in [0.1, 0.15) is 11.6 Å². The highest BCUT2D eigenvalue weighted by Crippen LogP contribution is 2.18. The average Bonchev–Trinajstić information content (AvgIpc) is 2.86. The Hall–Kier alpha value is -1.16. The smallest absolute Gasteiger partial charge is 0.145 e. The number of hydrogen-bond donors (Lipinski definition) is 1. The van der Waals surface area contributed by atoms with E-state index in [9.17, 15) is 4.79 Å². The molecule has 0 bridgehead atoms. The SMILES string of the molecule is CCn1ccnc1CC(=O)C1CNCC1C. The molecule has 16 heavy (non-hydrogen) atoms. The number of rotatable bonds is 4. The third-order valence-corrected chi connectivity index (χ3v) is 3.41. The molecule has 1 aliphatic heterocycles. The Morgan fingerprint density at radius 1 is 1.62 bits per heavy atom. The first-order valence-corrected chi connectivity index (χ1v) is 5.95. The van der Waals surface area contributed by atoms with Crippen LogP contribution in [0.25, 0.3) is 0 Å². The summed E-state index contributed by atoms with van der Waals surface area (Å²) < 4.78 is 2.03. The van der Waals surface area contributed by atoms with E-state index in [1.165, 1.54) is 0 Å². The first-order chi connectivity index (χ1) is 7.72. The number of imidazole rings is 1. The van der Waals surface area contributed by atoms with Crippen LogP contribution in [0.5, 0.6) is 0 Å². The van der Waals surface area contributed by atoms with Crippen LogP contribution in [0.3, 0.4) is 0 Å². The Bertz CT molecular complexity index is 372. The van der Waals surface area contributed by atoms with E-state index in [4.69, 9.17) is 0 Å². The largest absolute Gasteiger partial charge is 0.335 e. The van der Waals surface area contributed by atoms with Crippen molar-refractivity contribution in [3.63, 3.8) is 0 Å². The second-order valence-electron chi connectivity index (χ2n) is 4.51. The highest BCUT2D eigenvalue weighted by atomic mass is 16.1. The maximum Gasteiger partial charge on any atom is 0.145 e. The molecule has 88 valence electrons. The number of ketones is 1. The highest BCUT2D eigenvalue weighted by molar-refractivity contribution is 5.83. The van der Waals surface area contributed by atoms with Crippen LogP contribution in [0, 0.1) is 11.8 Å². The number of carbonyl (C=O) groups is 1. The van der Waals surface area contributed by atoms with Crippen molar-refractivity contribution >= 4 is 5.78 Å². The van der Waals surface area contributed by atoms with Crippen molar-refractivity contribution < 1.29 is 4.79 Å². The molecule has 2 atom stereocenters. The van der Waals surface area contributed by atoms with Gasteiger partial charge in [0.25, 0.3) is 0 Å². The molecule has 0 saturated carbocycles. The van der Waals surface area contributed by atoms with E-state index in [1.54, 1.807) is 6.20 Å². The van der Waals surface area contributed by atoms with Crippen LogP contribution in [0.1, 0.15) is 19.7 Å². The predicted octanol–water partition coefficient (Wildman–Crippen LogP) is 0.870. The Morgan fingerprint density at radius 3 is 3.06 bits per heavy atom. The molecule has 0 radical (unpaired) electrons. The summed E-state index contributed by atoms with van der Waals surface area (Å²) in [5, 5.41) is 3.26. The van der Waals surface area contributed by atoms with Crippen molar-refractivity contribution in [3.05, 3.63) is 18.2 Å². The maximum absolute atomic E-state index is 12.1. The molecule has 2 heterocycles. The van der Waals surface area contributed by atoms with Crippen molar-refractivity contribution in [2.45, 2.75) is 26.8 Å². The molecular weight excluding hydrogens is 202 g/mol. The van der Waals surface area contributed by atoms with Crippen molar-refractivity contribution in [2.24, 2.45) is 11.8 Å². The molecule has 1 aromatic heterocycles.